The maximum atomic E-state index is 11.8. The van der Waals surface area contributed by atoms with Crippen molar-refractivity contribution in [3.8, 4) is 0 Å². The summed E-state index contributed by atoms with van der Waals surface area (Å²) in [6.45, 7) is 3.52. The number of hydrogen-bond acceptors (Lipinski definition) is 3. The van der Waals surface area contributed by atoms with Crippen LogP contribution in [0, 0.1) is 5.92 Å². The lowest BCUT2D eigenvalue weighted by molar-refractivity contribution is -0.122. The summed E-state index contributed by atoms with van der Waals surface area (Å²) in [5.41, 5.74) is 5.62. The van der Waals surface area contributed by atoms with Crippen LogP contribution in [0.3, 0.4) is 0 Å². The molecule has 100 valence electrons. The molecule has 0 spiro atoms. The minimum atomic E-state index is 0.169. The predicted octanol–water partition coefficient (Wildman–Crippen LogP) is 2.15. The van der Waals surface area contributed by atoms with Crippen LogP contribution in [0.4, 0.5) is 0 Å². The average molecular weight is 258 g/mol. The predicted molar refractivity (Wildman–Crippen MR) is 75.2 cm³/mol. The van der Waals surface area contributed by atoms with E-state index in [9.17, 15) is 4.79 Å². The Balaban J connectivity index is 2.31. The maximum Gasteiger partial charge on any atom is 0.220 e. The summed E-state index contributed by atoms with van der Waals surface area (Å²) in [4.78, 5) is 11.8. The fourth-order valence-electron chi connectivity index (χ4n) is 2.46. The highest BCUT2D eigenvalue weighted by atomic mass is 32.2. The third-order valence-corrected chi connectivity index (χ3v) is 5.36. The van der Waals surface area contributed by atoms with Crippen LogP contribution in [0.5, 0.6) is 0 Å². The van der Waals surface area contributed by atoms with Gasteiger partial charge < -0.3 is 11.1 Å². The molecule has 1 atom stereocenters. The quantitative estimate of drug-likeness (QED) is 0.736. The lowest BCUT2D eigenvalue weighted by Crippen LogP contribution is -2.39. The smallest absolute Gasteiger partial charge is 0.220 e. The van der Waals surface area contributed by atoms with Crippen LogP contribution in [0.25, 0.3) is 0 Å². The van der Waals surface area contributed by atoms with E-state index in [2.05, 4.69) is 18.5 Å². The van der Waals surface area contributed by atoms with Gasteiger partial charge in [-0.25, -0.2) is 0 Å². The van der Waals surface area contributed by atoms with Crippen molar-refractivity contribution in [2.75, 3.05) is 19.3 Å². The van der Waals surface area contributed by atoms with E-state index in [4.69, 9.17) is 5.73 Å². The van der Waals surface area contributed by atoms with Gasteiger partial charge in [-0.1, -0.05) is 26.2 Å². The molecule has 1 fully saturated rings. The van der Waals surface area contributed by atoms with Gasteiger partial charge in [0.1, 0.15) is 0 Å². The second-order valence-electron chi connectivity index (χ2n) is 5.09. The number of thioether (sulfide) groups is 1. The molecule has 4 heteroatoms. The van der Waals surface area contributed by atoms with Gasteiger partial charge in [0.2, 0.25) is 5.91 Å². The van der Waals surface area contributed by atoms with Crippen molar-refractivity contribution in [1.82, 2.24) is 5.32 Å². The zero-order valence-corrected chi connectivity index (χ0v) is 11.9. The first-order chi connectivity index (χ1) is 8.15. The minimum absolute atomic E-state index is 0.169. The van der Waals surface area contributed by atoms with Gasteiger partial charge in [-0.15, -0.1) is 0 Å². The van der Waals surface area contributed by atoms with Crippen molar-refractivity contribution in [3.05, 3.63) is 0 Å². The van der Waals surface area contributed by atoms with E-state index < -0.39 is 0 Å². The molecule has 0 aliphatic heterocycles. The number of nitrogens with two attached hydrogens (primary N) is 1. The Labute approximate surface area is 109 Å². The van der Waals surface area contributed by atoms with Crippen molar-refractivity contribution >= 4 is 17.7 Å². The Kier molecular flexibility index (Phi) is 6.34. The Hall–Kier alpha value is -0.220. The molecule has 0 saturated heterocycles. The van der Waals surface area contributed by atoms with E-state index in [0.29, 0.717) is 23.6 Å². The third-order valence-electron chi connectivity index (χ3n) is 3.94. The van der Waals surface area contributed by atoms with Crippen molar-refractivity contribution in [2.45, 2.75) is 50.2 Å². The average Bonchev–Trinajstić information content (AvgIpc) is 2.83. The fraction of sp³-hybridized carbons (Fsp3) is 0.923. The Morgan fingerprint density at radius 2 is 2.12 bits per heavy atom. The molecular weight excluding hydrogens is 232 g/mol. The fourth-order valence-corrected chi connectivity index (χ4v) is 3.37. The molecule has 1 aliphatic rings. The molecule has 1 rings (SSSR count). The van der Waals surface area contributed by atoms with Gasteiger partial charge in [-0.3, -0.25) is 4.79 Å². The molecule has 0 bridgehead atoms. The van der Waals surface area contributed by atoms with Gasteiger partial charge in [0.05, 0.1) is 0 Å². The van der Waals surface area contributed by atoms with Crippen LogP contribution in [0.15, 0.2) is 0 Å². The number of hydrogen-bond donors (Lipinski definition) is 2. The SMILES string of the molecule is CCC(CN)CC(=O)NCC1(SC)CCCC1. The highest BCUT2D eigenvalue weighted by Crippen LogP contribution is 2.39. The summed E-state index contributed by atoms with van der Waals surface area (Å²) in [7, 11) is 0. The van der Waals surface area contributed by atoms with Crippen LogP contribution in [0.2, 0.25) is 0 Å². The van der Waals surface area contributed by atoms with Gasteiger partial charge in [-0.05, 0) is 31.6 Å². The molecule has 3 N–H and O–H groups in total. The van der Waals surface area contributed by atoms with E-state index in [1.165, 1.54) is 25.7 Å². The maximum absolute atomic E-state index is 11.8. The zero-order chi connectivity index (χ0) is 12.7. The lowest BCUT2D eigenvalue weighted by atomic mass is 10.0. The van der Waals surface area contributed by atoms with Crippen molar-refractivity contribution in [2.24, 2.45) is 11.7 Å². The van der Waals surface area contributed by atoms with Gasteiger partial charge in [0, 0.05) is 17.7 Å². The molecular formula is C13H26N2OS. The molecule has 17 heavy (non-hydrogen) atoms. The Bertz CT molecular complexity index is 236. The number of amides is 1. The van der Waals surface area contributed by atoms with Crippen LogP contribution in [-0.2, 0) is 4.79 Å². The molecule has 0 aromatic carbocycles. The molecule has 0 heterocycles. The van der Waals surface area contributed by atoms with Crippen molar-refractivity contribution in [3.63, 3.8) is 0 Å². The number of rotatable bonds is 7. The standard InChI is InChI=1S/C13H26N2OS/c1-3-11(9-14)8-12(16)15-10-13(17-2)6-4-5-7-13/h11H,3-10,14H2,1-2H3,(H,15,16). The summed E-state index contributed by atoms with van der Waals surface area (Å²) >= 11 is 1.91. The monoisotopic (exact) mass is 258 g/mol. The highest BCUT2D eigenvalue weighted by Gasteiger charge is 2.33. The van der Waals surface area contributed by atoms with E-state index >= 15 is 0 Å². The van der Waals surface area contributed by atoms with Crippen LogP contribution in [0.1, 0.15) is 45.4 Å². The number of carbonyl (C=O) groups excluding carboxylic acids is 1. The number of carbonyl (C=O) groups is 1. The van der Waals surface area contributed by atoms with Crippen LogP contribution < -0.4 is 11.1 Å². The highest BCUT2D eigenvalue weighted by molar-refractivity contribution is 8.00. The molecule has 1 unspecified atom stereocenters. The second-order valence-corrected chi connectivity index (χ2v) is 6.36. The summed E-state index contributed by atoms with van der Waals surface area (Å²) in [6.07, 6.45) is 8.81. The van der Waals surface area contributed by atoms with Crippen molar-refractivity contribution in [1.29, 1.82) is 0 Å². The summed E-state index contributed by atoms with van der Waals surface area (Å²) in [5.74, 6) is 0.506. The first-order valence-electron chi connectivity index (χ1n) is 6.67. The van der Waals surface area contributed by atoms with E-state index in [1.807, 2.05) is 11.8 Å². The second kappa shape index (κ2) is 7.27. The molecule has 1 amide bonds. The largest absolute Gasteiger partial charge is 0.355 e. The van der Waals surface area contributed by atoms with Gasteiger partial charge in [0.15, 0.2) is 0 Å². The van der Waals surface area contributed by atoms with Crippen LogP contribution in [-0.4, -0.2) is 30.0 Å². The summed E-state index contributed by atoms with van der Waals surface area (Å²) in [5, 5.41) is 3.10. The summed E-state index contributed by atoms with van der Waals surface area (Å²) < 4.78 is 0.306. The Morgan fingerprint density at radius 1 is 1.47 bits per heavy atom. The summed E-state index contributed by atoms with van der Waals surface area (Å²) in [6, 6.07) is 0. The molecule has 0 aromatic rings. The molecule has 3 nitrogen and oxygen atoms in total. The first kappa shape index (κ1) is 14.8. The van der Waals surface area contributed by atoms with Gasteiger partial charge in [-0.2, -0.15) is 11.8 Å². The Morgan fingerprint density at radius 3 is 2.59 bits per heavy atom. The van der Waals surface area contributed by atoms with Gasteiger partial charge in [0.25, 0.3) is 0 Å². The molecule has 1 aliphatic carbocycles. The van der Waals surface area contributed by atoms with E-state index in [1.54, 1.807) is 0 Å². The van der Waals surface area contributed by atoms with Crippen LogP contribution >= 0.6 is 11.8 Å². The molecule has 0 aromatic heterocycles. The van der Waals surface area contributed by atoms with E-state index in [-0.39, 0.29) is 5.91 Å². The van der Waals surface area contributed by atoms with Gasteiger partial charge >= 0.3 is 0 Å². The first-order valence-corrected chi connectivity index (χ1v) is 7.90. The third kappa shape index (κ3) is 4.51. The topological polar surface area (TPSA) is 55.1 Å². The molecule has 1 saturated carbocycles. The lowest BCUT2D eigenvalue weighted by Gasteiger charge is -2.27. The zero-order valence-electron chi connectivity index (χ0n) is 11.1. The normalized spacial score (nSPS) is 20.2. The minimum Gasteiger partial charge on any atom is -0.355 e. The van der Waals surface area contributed by atoms with E-state index in [0.717, 1.165) is 13.0 Å². The van der Waals surface area contributed by atoms with Crippen molar-refractivity contribution < 1.29 is 4.79 Å². The number of nitrogens with one attached hydrogen (secondary N) is 1. The molecule has 0 radical (unpaired) electrons.